The summed E-state index contributed by atoms with van der Waals surface area (Å²) >= 11 is 5.08. The molecule has 2 unspecified atom stereocenters. The Kier molecular flexibility index (Phi) is 4.87. The van der Waals surface area contributed by atoms with Crippen LogP contribution >= 0.6 is 12.2 Å². The normalized spacial score (nSPS) is 14.1. The molecule has 94 valence electrons. The van der Waals surface area contributed by atoms with Gasteiger partial charge < -0.3 is 11.1 Å². The van der Waals surface area contributed by atoms with Crippen molar-refractivity contribution in [3.05, 3.63) is 23.4 Å². The Morgan fingerprint density at radius 1 is 1.53 bits per heavy atom. The Morgan fingerprint density at radius 2 is 2.18 bits per heavy atom. The predicted molar refractivity (Wildman–Crippen MR) is 77.4 cm³/mol. The van der Waals surface area contributed by atoms with Crippen molar-refractivity contribution in [3.63, 3.8) is 0 Å². The molecule has 1 aromatic heterocycles. The van der Waals surface area contributed by atoms with Crippen molar-refractivity contribution in [1.29, 1.82) is 0 Å². The van der Waals surface area contributed by atoms with Crippen molar-refractivity contribution >= 4 is 23.0 Å². The predicted octanol–water partition coefficient (Wildman–Crippen LogP) is 2.87. The average molecular weight is 251 g/mol. The van der Waals surface area contributed by atoms with Crippen LogP contribution in [0.5, 0.6) is 0 Å². The van der Waals surface area contributed by atoms with E-state index in [-0.39, 0.29) is 0 Å². The molecule has 1 rings (SSSR count). The highest BCUT2D eigenvalue weighted by Gasteiger charge is 2.15. The summed E-state index contributed by atoms with van der Waals surface area (Å²) in [6.45, 7) is 8.55. The molecule has 1 heterocycles. The molecule has 0 saturated heterocycles. The molecule has 1 aromatic rings. The molecule has 4 heteroatoms. The van der Waals surface area contributed by atoms with Crippen LogP contribution in [0.1, 0.15) is 38.3 Å². The number of nitrogens with one attached hydrogen (secondary N) is 1. The van der Waals surface area contributed by atoms with E-state index in [1.165, 1.54) is 0 Å². The van der Waals surface area contributed by atoms with E-state index in [1.54, 1.807) is 6.20 Å². The van der Waals surface area contributed by atoms with E-state index in [0.717, 1.165) is 23.4 Å². The van der Waals surface area contributed by atoms with E-state index >= 15 is 0 Å². The van der Waals surface area contributed by atoms with Gasteiger partial charge in [0, 0.05) is 12.2 Å². The minimum atomic E-state index is 0.349. The summed E-state index contributed by atoms with van der Waals surface area (Å²) in [5, 5.41) is 3.40. The van der Waals surface area contributed by atoms with Gasteiger partial charge >= 0.3 is 0 Å². The van der Waals surface area contributed by atoms with Gasteiger partial charge in [0.15, 0.2) is 0 Å². The number of aromatic nitrogens is 1. The first-order valence-electron chi connectivity index (χ1n) is 5.99. The smallest absolute Gasteiger partial charge is 0.136 e. The van der Waals surface area contributed by atoms with Gasteiger partial charge in [-0.15, -0.1) is 0 Å². The van der Waals surface area contributed by atoms with Crippen molar-refractivity contribution in [2.75, 3.05) is 5.32 Å². The fraction of sp³-hybridized carbons (Fsp3) is 0.538. The number of thiocarbonyl (C=S) groups is 1. The standard InChI is InChI=1S/C13H21N3S/c1-5-8(2)10(4)16-13-11(12(14)17)9(3)6-7-15-13/h6-8,10H,5H2,1-4H3,(H2,14,17)(H,15,16). The van der Waals surface area contributed by atoms with Crippen LogP contribution in [-0.2, 0) is 0 Å². The van der Waals surface area contributed by atoms with Gasteiger partial charge in [0.25, 0.3) is 0 Å². The second kappa shape index (κ2) is 5.96. The number of hydrogen-bond donors (Lipinski definition) is 2. The molecule has 0 aliphatic carbocycles. The third-order valence-corrected chi connectivity index (χ3v) is 3.47. The highest BCUT2D eigenvalue weighted by atomic mass is 32.1. The number of hydrogen-bond acceptors (Lipinski definition) is 3. The van der Waals surface area contributed by atoms with Gasteiger partial charge in [-0.25, -0.2) is 4.98 Å². The summed E-state index contributed by atoms with van der Waals surface area (Å²) in [5.74, 6) is 1.38. The number of aryl methyl sites for hydroxylation is 1. The molecule has 0 fully saturated rings. The summed E-state index contributed by atoms with van der Waals surface area (Å²) in [5.41, 5.74) is 7.67. The van der Waals surface area contributed by atoms with Crippen LogP contribution in [0.4, 0.5) is 5.82 Å². The molecule has 0 bridgehead atoms. The second-order valence-corrected chi connectivity index (χ2v) is 4.97. The topological polar surface area (TPSA) is 50.9 Å². The molecule has 0 radical (unpaired) electrons. The largest absolute Gasteiger partial charge is 0.389 e. The molecule has 3 nitrogen and oxygen atoms in total. The maximum Gasteiger partial charge on any atom is 0.136 e. The van der Waals surface area contributed by atoms with E-state index < -0.39 is 0 Å². The Labute approximate surface area is 109 Å². The SMILES string of the molecule is CCC(C)C(C)Nc1nccc(C)c1C(N)=S. The van der Waals surface area contributed by atoms with E-state index in [4.69, 9.17) is 18.0 Å². The minimum absolute atomic E-state index is 0.349. The first-order valence-corrected chi connectivity index (χ1v) is 6.40. The lowest BCUT2D eigenvalue weighted by Gasteiger charge is -2.22. The molecule has 3 N–H and O–H groups in total. The van der Waals surface area contributed by atoms with Crippen LogP contribution in [0.2, 0.25) is 0 Å². The van der Waals surface area contributed by atoms with Crippen LogP contribution in [0.25, 0.3) is 0 Å². The Morgan fingerprint density at radius 3 is 2.71 bits per heavy atom. The number of nitrogens with two attached hydrogens (primary N) is 1. The lowest BCUT2D eigenvalue weighted by molar-refractivity contribution is 0.493. The monoisotopic (exact) mass is 251 g/mol. The van der Waals surface area contributed by atoms with E-state index in [9.17, 15) is 0 Å². The van der Waals surface area contributed by atoms with Gasteiger partial charge in [0.1, 0.15) is 10.8 Å². The highest BCUT2D eigenvalue weighted by Crippen LogP contribution is 2.19. The van der Waals surface area contributed by atoms with Crippen LogP contribution in [0.3, 0.4) is 0 Å². The maximum absolute atomic E-state index is 5.75. The number of rotatable bonds is 5. The fourth-order valence-electron chi connectivity index (χ4n) is 1.69. The molecule has 0 saturated carbocycles. The van der Waals surface area contributed by atoms with Crippen molar-refractivity contribution in [2.24, 2.45) is 11.7 Å². The zero-order chi connectivity index (χ0) is 13.0. The van der Waals surface area contributed by atoms with Gasteiger partial charge in [-0.2, -0.15) is 0 Å². The highest BCUT2D eigenvalue weighted by molar-refractivity contribution is 7.80. The van der Waals surface area contributed by atoms with Gasteiger partial charge in [-0.1, -0.05) is 32.5 Å². The second-order valence-electron chi connectivity index (χ2n) is 4.53. The van der Waals surface area contributed by atoms with Crippen LogP contribution in [0, 0.1) is 12.8 Å². The number of nitrogens with zero attached hydrogens (tertiary/aromatic N) is 1. The van der Waals surface area contributed by atoms with Crippen LogP contribution in [0.15, 0.2) is 12.3 Å². The summed E-state index contributed by atoms with van der Waals surface area (Å²) < 4.78 is 0. The van der Waals surface area contributed by atoms with E-state index in [0.29, 0.717) is 16.9 Å². The van der Waals surface area contributed by atoms with Gasteiger partial charge in [0.05, 0.1) is 5.56 Å². The minimum Gasteiger partial charge on any atom is -0.389 e. The maximum atomic E-state index is 5.75. The van der Waals surface area contributed by atoms with Crippen molar-refractivity contribution in [2.45, 2.75) is 40.2 Å². The molecular formula is C13H21N3S. The molecule has 0 amide bonds. The third kappa shape index (κ3) is 3.40. The molecule has 0 aromatic carbocycles. The van der Waals surface area contributed by atoms with Gasteiger partial charge in [-0.05, 0) is 31.4 Å². The number of anilines is 1. The van der Waals surface area contributed by atoms with Gasteiger partial charge in [0.2, 0.25) is 0 Å². The lowest BCUT2D eigenvalue weighted by Crippen LogP contribution is -2.26. The van der Waals surface area contributed by atoms with Crippen LogP contribution in [-0.4, -0.2) is 16.0 Å². The summed E-state index contributed by atoms with van der Waals surface area (Å²) in [4.78, 5) is 4.74. The Bertz CT molecular complexity index is 404. The van der Waals surface area contributed by atoms with Crippen LogP contribution < -0.4 is 11.1 Å². The lowest BCUT2D eigenvalue weighted by atomic mass is 10.0. The first-order chi connectivity index (χ1) is 7.97. The fourth-order valence-corrected chi connectivity index (χ4v) is 1.95. The molecule has 0 aliphatic heterocycles. The average Bonchev–Trinajstić information content (AvgIpc) is 2.27. The van der Waals surface area contributed by atoms with Gasteiger partial charge in [-0.3, -0.25) is 0 Å². The van der Waals surface area contributed by atoms with E-state index in [2.05, 4.69) is 31.1 Å². The summed E-state index contributed by atoms with van der Waals surface area (Å²) in [7, 11) is 0. The Balaban J connectivity index is 2.98. The van der Waals surface area contributed by atoms with E-state index in [1.807, 2.05) is 13.0 Å². The summed E-state index contributed by atoms with van der Waals surface area (Å²) in [6, 6.07) is 2.27. The molecule has 0 aliphatic rings. The zero-order valence-electron chi connectivity index (χ0n) is 10.9. The summed E-state index contributed by atoms with van der Waals surface area (Å²) in [6.07, 6.45) is 2.91. The zero-order valence-corrected chi connectivity index (χ0v) is 11.8. The quantitative estimate of drug-likeness (QED) is 0.790. The van der Waals surface area contributed by atoms with Crippen molar-refractivity contribution in [1.82, 2.24) is 4.98 Å². The number of pyridine rings is 1. The Hall–Kier alpha value is -1.16. The van der Waals surface area contributed by atoms with Crippen molar-refractivity contribution in [3.8, 4) is 0 Å². The van der Waals surface area contributed by atoms with Crippen molar-refractivity contribution < 1.29 is 0 Å². The molecule has 0 spiro atoms. The third-order valence-electron chi connectivity index (χ3n) is 3.27. The first kappa shape index (κ1) is 13.9. The molecular weight excluding hydrogens is 230 g/mol. The molecule has 17 heavy (non-hydrogen) atoms. The molecule has 2 atom stereocenters.